The molecule has 12 heteroatoms. The van der Waals surface area contributed by atoms with Gasteiger partial charge in [0.15, 0.2) is 0 Å². The first-order chi connectivity index (χ1) is 19.2. The summed E-state index contributed by atoms with van der Waals surface area (Å²) in [5, 5.41) is 8.43. The van der Waals surface area contributed by atoms with Gasteiger partial charge in [0, 0.05) is 60.9 Å². The Morgan fingerprint density at radius 2 is 2.10 bits per heavy atom. The number of carbonyl (C=O) groups excluding carboxylic acids is 2. The number of pyridine rings is 1. The summed E-state index contributed by atoms with van der Waals surface area (Å²) in [5.74, 6) is -1.84. The van der Waals surface area contributed by atoms with Crippen LogP contribution in [-0.2, 0) is 9.59 Å². The first-order valence-electron chi connectivity index (χ1n) is 13.2. The average molecular weight is 558 g/mol. The molecule has 2 fully saturated rings. The van der Waals surface area contributed by atoms with Crippen LogP contribution in [0.15, 0.2) is 71.4 Å². The molecule has 0 aliphatic carbocycles. The third-order valence-electron chi connectivity index (χ3n) is 7.34. The van der Waals surface area contributed by atoms with E-state index in [1.54, 1.807) is 18.6 Å². The molecule has 2 saturated heterocycles. The van der Waals surface area contributed by atoms with Crippen molar-refractivity contribution in [3.63, 3.8) is 0 Å². The normalized spacial score (nSPS) is 25.8. The van der Waals surface area contributed by atoms with Crippen LogP contribution in [0.1, 0.15) is 44.6 Å². The SMILES string of the molecule is C=CC(=C\[C@H](F)C(C)C(=O)Nc1cc(C(F)F)ccn1)/C(N=C[C@@H]1CC[C@@H]2CCC(=O)N2C1)=C1/NC=CN[C@H]1N. The van der Waals surface area contributed by atoms with Crippen LogP contribution in [0.4, 0.5) is 19.0 Å². The Kier molecular flexibility index (Phi) is 9.41. The number of fused-ring (bicyclic) bond motifs is 1. The molecule has 4 rings (SSSR count). The summed E-state index contributed by atoms with van der Waals surface area (Å²) in [7, 11) is 0. The van der Waals surface area contributed by atoms with Crippen molar-refractivity contribution in [2.75, 3.05) is 11.9 Å². The molecule has 0 spiro atoms. The van der Waals surface area contributed by atoms with Gasteiger partial charge in [-0.15, -0.1) is 0 Å². The molecule has 1 aromatic rings. The molecule has 40 heavy (non-hydrogen) atoms. The number of anilines is 1. The number of hydrogen-bond acceptors (Lipinski definition) is 7. The summed E-state index contributed by atoms with van der Waals surface area (Å²) in [6.07, 6.45) is 6.88. The van der Waals surface area contributed by atoms with Gasteiger partial charge in [-0.05, 0) is 37.5 Å². The number of rotatable bonds is 9. The summed E-state index contributed by atoms with van der Waals surface area (Å²) in [4.78, 5) is 35.4. The van der Waals surface area contributed by atoms with Crippen molar-refractivity contribution in [2.45, 2.75) is 57.4 Å². The summed E-state index contributed by atoms with van der Waals surface area (Å²) in [6, 6.07) is 2.47. The molecule has 3 aliphatic rings. The standard InChI is InChI=1S/C28H34F3N7O2/c1-3-18(12-21(29)16(2)28(40)37-22-13-19(26(30)31)8-9-33-22)24(25-27(32)35-11-10-34-25)36-14-17-4-5-20-6-7-23(39)38(20)15-17/h3,8-14,16-17,20-21,26-27,34-35H,1,4-7,15,32H2,2H3,(H,33,37,40)/b18-12+,25-24-,36-14?/t16?,17-,20+,21-,27+/m0/s1. The molecule has 9 nitrogen and oxygen atoms in total. The van der Waals surface area contributed by atoms with Gasteiger partial charge in [0.25, 0.3) is 6.43 Å². The Morgan fingerprint density at radius 1 is 1.30 bits per heavy atom. The zero-order valence-electron chi connectivity index (χ0n) is 22.2. The predicted octanol–water partition coefficient (Wildman–Crippen LogP) is 3.68. The van der Waals surface area contributed by atoms with Crippen molar-refractivity contribution in [1.82, 2.24) is 20.5 Å². The zero-order chi connectivity index (χ0) is 28.8. The van der Waals surface area contributed by atoms with E-state index >= 15 is 4.39 Å². The molecule has 0 radical (unpaired) electrons. The highest BCUT2D eigenvalue weighted by Gasteiger charge is 2.35. The van der Waals surface area contributed by atoms with Crippen LogP contribution in [0.2, 0.25) is 0 Å². The molecule has 0 aromatic carbocycles. The number of halogens is 3. The molecular weight excluding hydrogens is 523 g/mol. The molecule has 3 aliphatic heterocycles. The van der Waals surface area contributed by atoms with Crippen molar-refractivity contribution in [2.24, 2.45) is 22.6 Å². The van der Waals surface area contributed by atoms with Gasteiger partial charge in [-0.1, -0.05) is 19.6 Å². The van der Waals surface area contributed by atoms with E-state index < -0.39 is 30.6 Å². The number of nitrogens with one attached hydrogen (secondary N) is 3. The molecule has 1 unspecified atom stereocenters. The average Bonchev–Trinajstić information content (AvgIpc) is 3.32. The second kappa shape index (κ2) is 12.9. The van der Waals surface area contributed by atoms with Crippen LogP contribution in [0.5, 0.6) is 0 Å². The van der Waals surface area contributed by atoms with E-state index in [9.17, 15) is 18.4 Å². The van der Waals surface area contributed by atoms with E-state index in [1.165, 1.54) is 19.1 Å². The van der Waals surface area contributed by atoms with Gasteiger partial charge < -0.3 is 26.6 Å². The van der Waals surface area contributed by atoms with Crippen LogP contribution in [-0.4, -0.2) is 52.8 Å². The molecule has 214 valence electrons. The number of carbonyl (C=O) groups is 2. The Labute approximate surface area is 231 Å². The molecule has 5 N–H and O–H groups in total. The predicted molar refractivity (Wildman–Crippen MR) is 147 cm³/mol. The molecule has 2 amide bonds. The van der Waals surface area contributed by atoms with Crippen LogP contribution in [0, 0.1) is 11.8 Å². The highest BCUT2D eigenvalue weighted by molar-refractivity contribution is 5.92. The van der Waals surface area contributed by atoms with Crippen LogP contribution in [0.25, 0.3) is 0 Å². The molecule has 0 bridgehead atoms. The Bertz CT molecular complexity index is 1250. The third kappa shape index (κ3) is 6.79. The van der Waals surface area contributed by atoms with Crippen molar-refractivity contribution in [1.29, 1.82) is 0 Å². The van der Waals surface area contributed by atoms with Crippen LogP contribution >= 0.6 is 0 Å². The second-order valence-electron chi connectivity index (χ2n) is 10.1. The van der Waals surface area contributed by atoms with E-state index in [0.29, 0.717) is 29.9 Å². The number of amides is 2. The maximum absolute atomic E-state index is 15.5. The lowest BCUT2D eigenvalue weighted by atomic mass is 9.94. The van der Waals surface area contributed by atoms with Gasteiger partial charge >= 0.3 is 0 Å². The van der Waals surface area contributed by atoms with Gasteiger partial charge in [-0.3, -0.25) is 14.6 Å². The first kappa shape index (κ1) is 29.1. The minimum atomic E-state index is -2.73. The third-order valence-corrected chi connectivity index (χ3v) is 7.34. The summed E-state index contributed by atoms with van der Waals surface area (Å²) >= 11 is 0. The zero-order valence-corrected chi connectivity index (χ0v) is 22.2. The fraction of sp³-hybridized carbons (Fsp3) is 0.429. The topological polar surface area (TPSA) is 125 Å². The van der Waals surface area contributed by atoms with E-state index in [2.05, 4.69) is 27.5 Å². The lowest BCUT2D eigenvalue weighted by Gasteiger charge is -2.33. The number of aliphatic imine (C=N–C) groups is 1. The van der Waals surface area contributed by atoms with Gasteiger partial charge in [0.1, 0.15) is 18.2 Å². The summed E-state index contributed by atoms with van der Waals surface area (Å²) < 4.78 is 41.5. The number of hydrogen-bond donors (Lipinski definition) is 4. The highest BCUT2D eigenvalue weighted by atomic mass is 19.3. The van der Waals surface area contributed by atoms with Gasteiger partial charge in [0.05, 0.1) is 17.3 Å². The Balaban J connectivity index is 1.55. The smallest absolute Gasteiger partial charge is 0.264 e. The molecule has 0 saturated carbocycles. The lowest BCUT2D eigenvalue weighted by Crippen LogP contribution is -2.44. The van der Waals surface area contributed by atoms with Gasteiger partial charge in [-0.2, -0.15) is 0 Å². The Hall–Kier alpha value is -3.93. The molecule has 5 atom stereocenters. The molecule has 4 heterocycles. The first-order valence-corrected chi connectivity index (χ1v) is 13.2. The lowest BCUT2D eigenvalue weighted by molar-refractivity contribution is -0.130. The summed E-state index contributed by atoms with van der Waals surface area (Å²) in [6.45, 7) is 5.77. The van der Waals surface area contributed by atoms with Crippen LogP contribution < -0.4 is 21.7 Å². The molecular formula is C28H34F3N7O2. The largest absolute Gasteiger partial charge is 0.370 e. The minimum absolute atomic E-state index is 0.0191. The van der Waals surface area contributed by atoms with Crippen molar-refractivity contribution < 1.29 is 22.8 Å². The maximum atomic E-state index is 15.5. The number of nitrogens with zero attached hydrogens (tertiary/aromatic N) is 3. The number of aromatic nitrogens is 1. The highest BCUT2D eigenvalue weighted by Crippen LogP contribution is 2.31. The van der Waals surface area contributed by atoms with E-state index in [-0.39, 0.29) is 29.2 Å². The number of alkyl halides is 3. The van der Waals surface area contributed by atoms with Crippen molar-refractivity contribution in [3.8, 4) is 0 Å². The minimum Gasteiger partial charge on any atom is -0.370 e. The van der Waals surface area contributed by atoms with E-state index in [1.807, 2.05) is 4.90 Å². The van der Waals surface area contributed by atoms with E-state index in [4.69, 9.17) is 10.7 Å². The number of piperidine rings is 1. The van der Waals surface area contributed by atoms with E-state index in [0.717, 1.165) is 37.6 Å². The number of allylic oxidation sites excluding steroid dienone is 2. The Morgan fingerprint density at radius 3 is 2.83 bits per heavy atom. The van der Waals surface area contributed by atoms with Crippen molar-refractivity contribution in [3.05, 3.63) is 72.0 Å². The fourth-order valence-electron chi connectivity index (χ4n) is 4.96. The number of nitrogens with two attached hydrogens (primary N) is 1. The quantitative estimate of drug-likeness (QED) is 0.271. The van der Waals surface area contributed by atoms with Crippen LogP contribution in [0.3, 0.4) is 0 Å². The van der Waals surface area contributed by atoms with Gasteiger partial charge in [-0.25, -0.2) is 18.2 Å². The second-order valence-corrected chi connectivity index (χ2v) is 10.1. The molecule has 1 aromatic heterocycles. The maximum Gasteiger partial charge on any atom is 0.264 e. The van der Waals surface area contributed by atoms with Gasteiger partial charge in [0.2, 0.25) is 11.8 Å². The van der Waals surface area contributed by atoms with Crippen molar-refractivity contribution >= 4 is 23.8 Å². The monoisotopic (exact) mass is 557 g/mol. The summed E-state index contributed by atoms with van der Waals surface area (Å²) in [5.41, 5.74) is 7.06. The fourth-order valence-corrected chi connectivity index (χ4v) is 4.96.